The van der Waals surface area contributed by atoms with Crippen LogP contribution in [0.4, 0.5) is 0 Å². The Morgan fingerprint density at radius 2 is 1.65 bits per heavy atom. The minimum absolute atomic E-state index is 0.337. The van der Waals surface area contributed by atoms with E-state index in [2.05, 4.69) is 49.4 Å². The minimum Gasteiger partial charge on any atom is -0.388 e. The molecule has 106 valence electrons. The van der Waals surface area contributed by atoms with Crippen molar-refractivity contribution in [2.75, 3.05) is 0 Å². The first-order chi connectivity index (χ1) is 9.79. The second-order valence-corrected chi connectivity index (χ2v) is 5.39. The predicted molar refractivity (Wildman–Crippen MR) is 84.8 cm³/mol. The van der Waals surface area contributed by atoms with Crippen LogP contribution in [0.15, 0.2) is 54.6 Å². The summed E-state index contributed by atoms with van der Waals surface area (Å²) >= 11 is 0. The summed E-state index contributed by atoms with van der Waals surface area (Å²) in [5, 5.41) is 10.3. The highest BCUT2D eigenvalue weighted by Crippen LogP contribution is 2.21. The highest BCUT2D eigenvalue weighted by atomic mass is 16.3. The fourth-order valence-corrected chi connectivity index (χ4v) is 2.56. The van der Waals surface area contributed by atoms with Gasteiger partial charge in [0.2, 0.25) is 0 Å². The van der Waals surface area contributed by atoms with E-state index >= 15 is 0 Å². The van der Waals surface area contributed by atoms with Crippen LogP contribution < -0.4 is 0 Å². The maximum absolute atomic E-state index is 10.3. The molecule has 1 atom stereocenters. The Kier molecular flexibility index (Phi) is 5.82. The first-order valence-corrected chi connectivity index (χ1v) is 7.60. The third-order valence-corrected chi connectivity index (χ3v) is 3.66. The fourth-order valence-electron chi connectivity index (χ4n) is 2.56. The first kappa shape index (κ1) is 14.8. The molecule has 0 fully saturated rings. The van der Waals surface area contributed by atoms with Crippen LogP contribution in [0.25, 0.3) is 0 Å². The third kappa shape index (κ3) is 4.50. The summed E-state index contributed by atoms with van der Waals surface area (Å²) in [7, 11) is 0. The van der Waals surface area contributed by atoms with Gasteiger partial charge in [0.15, 0.2) is 0 Å². The Hall–Kier alpha value is -1.60. The first-order valence-electron chi connectivity index (χ1n) is 7.60. The molecule has 2 aromatic rings. The van der Waals surface area contributed by atoms with Crippen molar-refractivity contribution in [2.24, 2.45) is 0 Å². The van der Waals surface area contributed by atoms with E-state index in [1.807, 2.05) is 12.1 Å². The van der Waals surface area contributed by atoms with Crippen LogP contribution in [-0.2, 0) is 12.8 Å². The van der Waals surface area contributed by atoms with E-state index in [9.17, 15) is 5.11 Å². The molecule has 0 bridgehead atoms. The maximum Gasteiger partial charge on any atom is 0.0790 e. The van der Waals surface area contributed by atoms with Gasteiger partial charge in [-0.1, -0.05) is 67.9 Å². The van der Waals surface area contributed by atoms with Crippen molar-refractivity contribution in [3.8, 4) is 0 Å². The molecule has 2 aromatic carbocycles. The van der Waals surface area contributed by atoms with Crippen LogP contribution in [0.3, 0.4) is 0 Å². The number of rotatable bonds is 7. The summed E-state index contributed by atoms with van der Waals surface area (Å²) in [4.78, 5) is 0. The van der Waals surface area contributed by atoms with Crippen LogP contribution in [0.1, 0.15) is 49.0 Å². The van der Waals surface area contributed by atoms with Crippen LogP contribution in [-0.4, -0.2) is 5.11 Å². The van der Waals surface area contributed by atoms with E-state index < -0.39 is 0 Å². The van der Waals surface area contributed by atoms with E-state index in [0.29, 0.717) is 0 Å². The zero-order valence-electron chi connectivity index (χ0n) is 12.3. The van der Waals surface area contributed by atoms with Crippen molar-refractivity contribution in [1.82, 2.24) is 0 Å². The quantitative estimate of drug-likeness (QED) is 0.772. The van der Waals surface area contributed by atoms with Gasteiger partial charge in [-0.05, 0) is 42.4 Å². The standard InChI is InChI=1S/C19H24O/c1-2-8-17-12-6-13-18(15-17)19(20)14-7-11-16-9-4-3-5-10-16/h3-6,9-10,12-13,15,19-20H,2,7-8,11,14H2,1H3. The smallest absolute Gasteiger partial charge is 0.0790 e. The third-order valence-electron chi connectivity index (χ3n) is 3.66. The van der Waals surface area contributed by atoms with Crippen molar-refractivity contribution in [3.05, 3.63) is 71.3 Å². The molecule has 0 spiro atoms. The molecule has 0 aliphatic rings. The molecular weight excluding hydrogens is 244 g/mol. The van der Waals surface area contributed by atoms with Gasteiger partial charge in [0, 0.05) is 0 Å². The number of hydrogen-bond acceptors (Lipinski definition) is 1. The summed E-state index contributed by atoms with van der Waals surface area (Å²) in [5.74, 6) is 0. The predicted octanol–water partition coefficient (Wildman–Crippen LogP) is 4.70. The van der Waals surface area contributed by atoms with Gasteiger partial charge in [-0.25, -0.2) is 0 Å². The lowest BCUT2D eigenvalue weighted by Gasteiger charge is -2.12. The summed E-state index contributed by atoms with van der Waals surface area (Å²) in [6.07, 6.45) is 4.77. The lowest BCUT2D eigenvalue weighted by atomic mass is 9.99. The number of benzene rings is 2. The highest BCUT2D eigenvalue weighted by molar-refractivity contribution is 5.25. The molecule has 0 saturated heterocycles. The molecule has 1 unspecified atom stereocenters. The van der Waals surface area contributed by atoms with Gasteiger partial charge in [-0.15, -0.1) is 0 Å². The van der Waals surface area contributed by atoms with Crippen molar-refractivity contribution in [1.29, 1.82) is 0 Å². The molecule has 0 aromatic heterocycles. The number of aliphatic hydroxyl groups is 1. The second kappa shape index (κ2) is 7.86. The number of aryl methyl sites for hydroxylation is 2. The molecule has 1 heteroatoms. The van der Waals surface area contributed by atoms with Crippen molar-refractivity contribution >= 4 is 0 Å². The molecule has 2 rings (SSSR count). The molecular formula is C19H24O. The lowest BCUT2D eigenvalue weighted by molar-refractivity contribution is 0.164. The number of aliphatic hydroxyl groups excluding tert-OH is 1. The zero-order valence-corrected chi connectivity index (χ0v) is 12.3. The molecule has 1 N–H and O–H groups in total. The number of hydrogen-bond donors (Lipinski definition) is 1. The van der Waals surface area contributed by atoms with E-state index in [0.717, 1.165) is 37.7 Å². The van der Waals surface area contributed by atoms with Gasteiger partial charge in [0.1, 0.15) is 0 Å². The van der Waals surface area contributed by atoms with Gasteiger partial charge < -0.3 is 5.11 Å². The second-order valence-electron chi connectivity index (χ2n) is 5.39. The summed E-state index contributed by atoms with van der Waals surface area (Å²) in [6.45, 7) is 2.18. The van der Waals surface area contributed by atoms with E-state index in [-0.39, 0.29) is 6.10 Å². The summed E-state index contributed by atoms with van der Waals surface area (Å²) in [5.41, 5.74) is 3.73. The zero-order chi connectivity index (χ0) is 14.2. The van der Waals surface area contributed by atoms with Crippen molar-refractivity contribution in [2.45, 2.75) is 45.1 Å². The molecule has 0 amide bonds. The van der Waals surface area contributed by atoms with Gasteiger partial charge in [-0.2, -0.15) is 0 Å². The Labute approximate surface area is 122 Å². The Balaban J connectivity index is 1.85. The fraction of sp³-hybridized carbons (Fsp3) is 0.368. The Bertz CT molecular complexity index is 504. The average Bonchev–Trinajstić information content (AvgIpc) is 2.49. The Morgan fingerprint density at radius 3 is 2.40 bits per heavy atom. The monoisotopic (exact) mass is 268 g/mol. The van der Waals surface area contributed by atoms with Crippen molar-refractivity contribution in [3.63, 3.8) is 0 Å². The van der Waals surface area contributed by atoms with Gasteiger partial charge in [-0.3, -0.25) is 0 Å². The molecule has 20 heavy (non-hydrogen) atoms. The summed E-state index contributed by atoms with van der Waals surface area (Å²) in [6, 6.07) is 18.9. The van der Waals surface area contributed by atoms with Gasteiger partial charge >= 0.3 is 0 Å². The molecule has 1 nitrogen and oxygen atoms in total. The topological polar surface area (TPSA) is 20.2 Å². The van der Waals surface area contributed by atoms with Crippen LogP contribution >= 0.6 is 0 Å². The van der Waals surface area contributed by atoms with E-state index in [4.69, 9.17) is 0 Å². The lowest BCUT2D eigenvalue weighted by Crippen LogP contribution is -1.99. The maximum atomic E-state index is 10.3. The minimum atomic E-state index is -0.337. The molecule has 0 saturated carbocycles. The SMILES string of the molecule is CCCc1cccc(C(O)CCCc2ccccc2)c1. The van der Waals surface area contributed by atoms with E-state index in [1.54, 1.807) is 0 Å². The van der Waals surface area contributed by atoms with Gasteiger partial charge in [0.05, 0.1) is 6.10 Å². The van der Waals surface area contributed by atoms with Crippen LogP contribution in [0.2, 0.25) is 0 Å². The van der Waals surface area contributed by atoms with E-state index in [1.165, 1.54) is 11.1 Å². The Morgan fingerprint density at radius 1 is 0.900 bits per heavy atom. The van der Waals surface area contributed by atoms with Gasteiger partial charge in [0.25, 0.3) is 0 Å². The highest BCUT2D eigenvalue weighted by Gasteiger charge is 2.07. The summed E-state index contributed by atoms with van der Waals surface area (Å²) < 4.78 is 0. The molecule has 0 aliphatic carbocycles. The normalized spacial score (nSPS) is 12.3. The van der Waals surface area contributed by atoms with Crippen LogP contribution in [0.5, 0.6) is 0 Å². The van der Waals surface area contributed by atoms with Crippen LogP contribution in [0, 0.1) is 0 Å². The largest absolute Gasteiger partial charge is 0.388 e. The molecule has 0 heterocycles. The molecule has 0 radical (unpaired) electrons. The molecule has 0 aliphatic heterocycles. The van der Waals surface area contributed by atoms with Crippen molar-refractivity contribution < 1.29 is 5.11 Å². The average molecular weight is 268 g/mol.